The maximum atomic E-state index is 11.6. The van der Waals surface area contributed by atoms with Crippen molar-refractivity contribution in [2.24, 2.45) is 11.7 Å². The number of hydrogen-bond donors (Lipinski definition) is 2. The number of aromatic nitrogens is 1. The summed E-state index contributed by atoms with van der Waals surface area (Å²) in [6, 6.07) is -0.519. The summed E-state index contributed by atoms with van der Waals surface area (Å²) < 4.78 is 0. The number of nitrogens with two attached hydrogens (primary N) is 1. The number of carbonyl (C=O) groups excluding carboxylic acids is 1. The van der Waals surface area contributed by atoms with Crippen molar-refractivity contribution in [3.8, 4) is 0 Å². The minimum atomic E-state index is -0.451. The van der Waals surface area contributed by atoms with Crippen LogP contribution in [0.25, 0.3) is 0 Å². The van der Waals surface area contributed by atoms with Crippen molar-refractivity contribution >= 4 is 17.2 Å². The van der Waals surface area contributed by atoms with E-state index >= 15 is 0 Å². The summed E-state index contributed by atoms with van der Waals surface area (Å²) in [7, 11) is 0. The molecule has 0 aliphatic rings. The Morgan fingerprint density at radius 3 is 2.67 bits per heavy atom. The molecule has 0 aromatic carbocycles. The van der Waals surface area contributed by atoms with E-state index in [4.69, 9.17) is 5.73 Å². The standard InChI is InChI=1S/C10H17N3OS/c1-6(2)8(11)9(14)13-7(3)10-12-4-5-15-10/h4-8H,11H2,1-3H3,(H,13,14)/t7-,8?/m0/s1. The average Bonchev–Trinajstić information content (AvgIpc) is 2.68. The first-order chi connectivity index (χ1) is 7.02. The molecule has 1 aromatic rings. The number of nitrogens with one attached hydrogen (secondary N) is 1. The van der Waals surface area contributed by atoms with Gasteiger partial charge in [0.25, 0.3) is 0 Å². The Morgan fingerprint density at radius 2 is 2.20 bits per heavy atom. The van der Waals surface area contributed by atoms with E-state index in [2.05, 4.69) is 10.3 Å². The van der Waals surface area contributed by atoms with Gasteiger partial charge in [0, 0.05) is 11.6 Å². The van der Waals surface area contributed by atoms with Crippen molar-refractivity contribution in [1.82, 2.24) is 10.3 Å². The van der Waals surface area contributed by atoms with Crippen LogP contribution >= 0.6 is 11.3 Å². The number of carbonyl (C=O) groups is 1. The molecular weight excluding hydrogens is 210 g/mol. The van der Waals surface area contributed by atoms with Gasteiger partial charge in [0.1, 0.15) is 5.01 Å². The number of nitrogens with zero attached hydrogens (tertiary/aromatic N) is 1. The highest BCUT2D eigenvalue weighted by molar-refractivity contribution is 7.09. The summed E-state index contributed by atoms with van der Waals surface area (Å²) >= 11 is 1.53. The Morgan fingerprint density at radius 1 is 1.53 bits per heavy atom. The Bertz CT molecular complexity index is 310. The lowest BCUT2D eigenvalue weighted by molar-refractivity contribution is -0.123. The van der Waals surface area contributed by atoms with Gasteiger partial charge in [-0.25, -0.2) is 4.98 Å². The lowest BCUT2D eigenvalue weighted by atomic mass is 10.0. The number of hydrogen-bond acceptors (Lipinski definition) is 4. The maximum absolute atomic E-state index is 11.6. The third-order valence-corrected chi connectivity index (χ3v) is 3.16. The van der Waals surface area contributed by atoms with Crippen molar-refractivity contribution in [2.75, 3.05) is 0 Å². The summed E-state index contributed by atoms with van der Waals surface area (Å²) in [5.74, 6) is 0.0289. The SMILES string of the molecule is CC(C)C(N)C(=O)N[C@@H](C)c1nccs1. The number of thiazole rings is 1. The van der Waals surface area contributed by atoms with Crippen LogP contribution in [-0.4, -0.2) is 16.9 Å². The average molecular weight is 227 g/mol. The molecule has 84 valence electrons. The van der Waals surface area contributed by atoms with E-state index in [0.29, 0.717) is 0 Å². The fourth-order valence-corrected chi connectivity index (χ4v) is 1.77. The third kappa shape index (κ3) is 3.28. The summed E-state index contributed by atoms with van der Waals surface area (Å²) in [5.41, 5.74) is 5.73. The van der Waals surface area contributed by atoms with Crippen LogP contribution < -0.4 is 11.1 Å². The van der Waals surface area contributed by atoms with Crippen molar-refractivity contribution in [3.63, 3.8) is 0 Å². The van der Waals surface area contributed by atoms with E-state index in [1.165, 1.54) is 11.3 Å². The number of rotatable bonds is 4. The van der Waals surface area contributed by atoms with Gasteiger partial charge in [-0.05, 0) is 12.8 Å². The minimum Gasteiger partial charge on any atom is -0.346 e. The Balaban J connectivity index is 2.52. The van der Waals surface area contributed by atoms with Crippen LogP contribution in [0.3, 0.4) is 0 Å². The topological polar surface area (TPSA) is 68.0 Å². The molecule has 15 heavy (non-hydrogen) atoms. The van der Waals surface area contributed by atoms with Gasteiger partial charge in [0.15, 0.2) is 0 Å². The van der Waals surface area contributed by atoms with Gasteiger partial charge < -0.3 is 11.1 Å². The molecule has 0 saturated carbocycles. The predicted molar refractivity (Wildman–Crippen MR) is 61.5 cm³/mol. The summed E-state index contributed by atoms with van der Waals surface area (Å²) in [5, 5.41) is 5.64. The molecule has 0 radical (unpaired) electrons. The zero-order chi connectivity index (χ0) is 11.4. The predicted octanol–water partition coefficient (Wildman–Crippen LogP) is 1.30. The fourth-order valence-electron chi connectivity index (χ4n) is 1.12. The Hall–Kier alpha value is -0.940. The first-order valence-corrected chi connectivity index (χ1v) is 5.85. The quantitative estimate of drug-likeness (QED) is 0.814. The van der Waals surface area contributed by atoms with Crippen molar-refractivity contribution in [3.05, 3.63) is 16.6 Å². The van der Waals surface area contributed by atoms with Crippen LogP contribution in [0.2, 0.25) is 0 Å². The molecule has 0 fully saturated rings. The van der Waals surface area contributed by atoms with Crippen molar-refractivity contribution in [2.45, 2.75) is 32.9 Å². The molecule has 1 amide bonds. The minimum absolute atomic E-state index is 0.0673. The number of amides is 1. The van der Waals surface area contributed by atoms with E-state index in [1.807, 2.05) is 26.2 Å². The summed E-state index contributed by atoms with van der Waals surface area (Å²) in [6.45, 7) is 5.76. The molecule has 0 bridgehead atoms. The zero-order valence-electron chi connectivity index (χ0n) is 9.23. The molecule has 2 atom stereocenters. The molecule has 0 aliphatic carbocycles. The van der Waals surface area contributed by atoms with Gasteiger partial charge in [-0.2, -0.15) is 0 Å². The second-order valence-corrected chi connectivity index (χ2v) is 4.80. The van der Waals surface area contributed by atoms with Crippen LogP contribution in [0.1, 0.15) is 31.8 Å². The highest BCUT2D eigenvalue weighted by Gasteiger charge is 2.20. The normalized spacial score (nSPS) is 15.0. The van der Waals surface area contributed by atoms with Crippen LogP contribution in [0.4, 0.5) is 0 Å². The lowest BCUT2D eigenvalue weighted by Crippen LogP contribution is -2.44. The fraction of sp³-hybridized carbons (Fsp3) is 0.600. The monoisotopic (exact) mass is 227 g/mol. The van der Waals surface area contributed by atoms with Gasteiger partial charge >= 0.3 is 0 Å². The first-order valence-electron chi connectivity index (χ1n) is 4.97. The van der Waals surface area contributed by atoms with Gasteiger partial charge in [0.2, 0.25) is 5.91 Å². The van der Waals surface area contributed by atoms with Crippen LogP contribution in [0.15, 0.2) is 11.6 Å². The zero-order valence-corrected chi connectivity index (χ0v) is 10.0. The molecule has 3 N–H and O–H groups in total. The van der Waals surface area contributed by atoms with Crippen LogP contribution in [0, 0.1) is 5.92 Å². The van der Waals surface area contributed by atoms with Gasteiger partial charge in [0.05, 0.1) is 12.1 Å². The second-order valence-electron chi connectivity index (χ2n) is 3.87. The smallest absolute Gasteiger partial charge is 0.237 e. The van der Waals surface area contributed by atoms with Crippen LogP contribution in [0.5, 0.6) is 0 Å². The Kier molecular flexibility index (Phi) is 4.23. The molecule has 1 heterocycles. The molecular formula is C10H17N3OS. The van der Waals surface area contributed by atoms with E-state index in [9.17, 15) is 4.79 Å². The summed E-state index contributed by atoms with van der Waals surface area (Å²) in [6.07, 6.45) is 1.73. The van der Waals surface area contributed by atoms with E-state index in [1.54, 1.807) is 6.20 Å². The van der Waals surface area contributed by atoms with Gasteiger partial charge in [-0.1, -0.05) is 13.8 Å². The second kappa shape index (κ2) is 5.23. The molecule has 5 heteroatoms. The van der Waals surface area contributed by atoms with Crippen LogP contribution in [-0.2, 0) is 4.79 Å². The van der Waals surface area contributed by atoms with E-state index in [0.717, 1.165) is 5.01 Å². The highest BCUT2D eigenvalue weighted by atomic mass is 32.1. The third-order valence-electron chi connectivity index (χ3n) is 2.20. The first kappa shape index (κ1) is 12.1. The molecule has 1 aromatic heterocycles. The molecule has 1 unspecified atom stereocenters. The van der Waals surface area contributed by atoms with Crippen molar-refractivity contribution in [1.29, 1.82) is 0 Å². The van der Waals surface area contributed by atoms with Gasteiger partial charge in [-0.15, -0.1) is 11.3 Å². The molecule has 0 saturated heterocycles. The molecule has 4 nitrogen and oxygen atoms in total. The van der Waals surface area contributed by atoms with E-state index < -0.39 is 6.04 Å². The molecule has 1 rings (SSSR count). The largest absolute Gasteiger partial charge is 0.346 e. The van der Waals surface area contributed by atoms with E-state index in [-0.39, 0.29) is 17.9 Å². The molecule has 0 aliphatic heterocycles. The van der Waals surface area contributed by atoms with Gasteiger partial charge in [-0.3, -0.25) is 4.79 Å². The highest BCUT2D eigenvalue weighted by Crippen LogP contribution is 2.14. The molecule has 0 spiro atoms. The van der Waals surface area contributed by atoms with Crippen molar-refractivity contribution < 1.29 is 4.79 Å². The maximum Gasteiger partial charge on any atom is 0.237 e. The lowest BCUT2D eigenvalue weighted by Gasteiger charge is -2.18. The summed E-state index contributed by atoms with van der Waals surface area (Å²) in [4.78, 5) is 15.8. The Labute approximate surface area is 93.9 Å².